The van der Waals surface area contributed by atoms with Crippen molar-refractivity contribution in [2.24, 2.45) is 11.7 Å². The number of hydrogen-bond donors (Lipinski definition) is 2. The molecule has 130 valence electrons. The Morgan fingerprint density at radius 3 is 2.67 bits per heavy atom. The highest BCUT2D eigenvalue weighted by Gasteiger charge is 2.43. The van der Waals surface area contributed by atoms with E-state index < -0.39 is 6.10 Å². The summed E-state index contributed by atoms with van der Waals surface area (Å²) in [5.41, 5.74) is 9.29. The molecule has 3 N–H and O–H groups in total. The van der Waals surface area contributed by atoms with Crippen LogP contribution in [0.4, 0.5) is 0 Å². The molecule has 4 heteroatoms. The quantitative estimate of drug-likeness (QED) is 0.828. The van der Waals surface area contributed by atoms with E-state index in [0.717, 1.165) is 32.4 Å². The third kappa shape index (κ3) is 2.66. The highest BCUT2D eigenvalue weighted by molar-refractivity contribution is 5.79. The van der Waals surface area contributed by atoms with E-state index in [9.17, 15) is 9.90 Å². The molecule has 1 amide bonds. The largest absolute Gasteiger partial charge is 0.392 e. The van der Waals surface area contributed by atoms with E-state index >= 15 is 0 Å². The number of carbonyl (C=O) groups excluding carboxylic acids is 1. The van der Waals surface area contributed by atoms with Crippen LogP contribution in [0.5, 0.6) is 0 Å². The number of amides is 1. The van der Waals surface area contributed by atoms with Gasteiger partial charge in [-0.05, 0) is 61.5 Å². The normalized spacial score (nSPS) is 31.9. The van der Waals surface area contributed by atoms with Crippen LogP contribution in [-0.2, 0) is 16.6 Å². The van der Waals surface area contributed by atoms with Crippen LogP contribution in [-0.4, -0.2) is 41.1 Å². The fourth-order valence-corrected chi connectivity index (χ4v) is 5.11. The first-order valence-electron chi connectivity index (χ1n) is 9.40. The summed E-state index contributed by atoms with van der Waals surface area (Å²) in [6, 6.07) is 8.60. The molecule has 1 spiro atoms. The minimum absolute atomic E-state index is 0.00770. The Morgan fingerprint density at radius 2 is 1.92 bits per heavy atom. The van der Waals surface area contributed by atoms with Gasteiger partial charge in [0.25, 0.3) is 0 Å². The number of carbonyl (C=O) groups is 1. The zero-order valence-electron chi connectivity index (χ0n) is 14.3. The van der Waals surface area contributed by atoms with Gasteiger partial charge in [-0.25, -0.2) is 0 Å². The molecule has 0 aromatic heterocycles. The number of aliphatic hydroxyl groups excluding tert-OH is 1. The first-order chi connectivity index (χ1) is 11.6. The van der Waals surface area contributed by atoms with Gasteiger partial charge >= 0.3 is 0 Å². The van der Waals surface area contributed by atoms with Gasteiger partial charge < -0.3 is 15.7 Å². The Balaban J connectivity index is 1.41. The third-order valence-corrected chi connectivity index (χ3v) is 6.70. The summed E-state index contributed by atoms with van der Waals surface area (Å²) in [6.07, 6.45) is 6.20. The Kier molecular flexibility index (Phi) is 4.13. The lowest BCUT2D eigenvalue weighted by molar-refractivity contribution is -0.139. The lowest BCUT2D eigenvalue weighted by atomic mass is 9.73. The number of rotatable bonds is 1. The molecule has 1 saturated carbocycles. The Morgan fingerprint density at radius 1 is 1.17 bits per heavy atom. The van der Waals surface area contributed by atoms with Gasteiger partial charge in [-0.2, -0.15) is 0 Å². The number of piperidine rings is 1. The van der Waals surface area contributed by atoms with Crippen molar-refractivity contribution in [3.8, 4) is 0 Å². The van der Waals surface area contributed by atoms with Crippen LogP contribution < -0.4 is 5.73 Å². The van der Waals surface area contributed by atoms with Crippen LogP contribution in [0.3, 0.4) is 0 Å². The maximum absolute atomic E-state index is 12.8. The van der Waals surface area contributed by atoms with Gasteiger partial charge in [0.05, 0.1) is 6.10 Å². The Hall–Kier alpha value is -1.39. The summed E-state index contributed by atoms with van der Waals surface area (Å²) in [5, 5.41) is 9.77. The van der Waals surface area contributed by atoms with E-state index in [-0.39, 0.29) is 17.9 Å². The molecule has 3 atom stereocenters. The summed E-state index contributed by atoms with van der Waals surface area (Å²) >= 11 is 0. The Bertz CT molecular complexity index is 622. The van der Waals surface area contributed by atoms with Gasteiger partial charge in [0.1, 0.15) is 0 Å². The first kappa shape index (κ1) is 16.1. The van der Waals surface area contributed by atoms with Crippen molar-refractivity contribution in [1.29, 1.82) is 0 Å². The number of nitrogens with two attached hydrogens (primary N) is 1. The van der Waals surface area contributed by atoms with Gasteiger partial charge in [0.15, 0.2) is 0 Å². The van der Waals surface area contributed by atoms with Crippen LogP contribution in [0.25, 0.3) is 0 Å². The molecule has 4 nitrogen and oxygen atoms in total. The smallest absolute Gasteiger partial charge is 0.225 e. The van der Waals surface area contributed by atoms with Crippen molar-refractivity contribution in [3.05, 3.63) is 35.4 Å². The van der Waals surface area contributed by atoms with E-state index in [4.69, 9.17) is 5.73 Å². The van der Waals surface area contributed by atoms with Crippen molar-refractivity contribution in [2.75, 3.05) is 13.1 Å². The van der Waals surface area contributed by atoms with E-state index in [1.54, 1.807) is 0 Å². The van der Waals surface area contributed by atoms with Crippen molar-refractivity contribution in [1.82, 2.24) is 4.90 Å². The molecule has 1 saturated heterocycles. The topological polar surface area (TPSA) is 66.6 Å². The summed E-state index contributed by atoms with van der Waals surface area (Å²) in [7, 11) is 0. The molecular weight excluding hydrogens is 300 g/mol. The highest BCUT2D eigenvalue weighted by atomic mass is 16.3. The molecule has 24 heavy (non-hydrogen) atoms. The van der Waals surface area contributed by atoms with E-state index in [1.165, 1.54) is 24.0 Å². The zero-order chi connectivity index (χ0) is 16.7. The number of hydrogen-bond acceptors (Lipinski definition) is 3. The van der Waals surface area contributed by atoms with E-state index in [1.807, 2.05) is 0 Å². The molecule has 1 aliphatic heterocycles. The predicted octanol–water partition coefficient (Wildman–Crippen LogP) is 1.98. The molecule has 0 radical (unpaired) electrons. The van der Waals surface area contributed by atoms with Crippen LogP contribution >= 0.6 is 0 Å². The molecule has 1 aromatic carbocycles. The first-order valence-corrected chi connectivity index (χ1v) is 9.40. The minimum Gasteiger partial charge on any atom is -0.392 e. The van der Waals surface area contributed by atoms with Gasteiger partial charge in [-0.1, -0.05) is 24.3 Å². The maximum Gasteiger partial charge on any atom is 0.225 e. The fourth-order valence-electron chi connectivity index (χ4n) is 5.11. The standard InChI is InChI=1S/C20H28N2O2/c21-17-13-15(5-6-18(17)23)19(24)22-11-9-20(10-12-22)8-7-14-3-1-2-4-16(14)20/h1-4,15,17-18,23H,5-13,21H2/t15-,17+,18+/m0/s1. The summed E-state index contributed by atoms with van der Waals surface area (Å²) in [4.78, 5) is 14.9. The Labute approximate surface area is 144 Å². The zero-order valence-corrected chi connectivity index (χ0v) is 14.3. The van der Waals surface area contributed by atoms with Crippen molar-refractivity contribution in [2.45, 2.75) is 62.5 Å². The number of likely N-dealkylation sites (tertiary alicyclic amines) is 1. The SMILES string of the molecule is N[C@@H]1C[C@@H](C(=O)N2CCC3(CCc4ccccc43)CC2)CC[C@H]1O. The van der Waals surface area contributed by atoms with Crippen LogP contribution in [0.15, 0.2) is 24.3 Å². The molecule has 1 aromatic rings. The van der Waals surface area contributed by atoms with Crippen LogP contribution in [0.1, 0.15) is 49.7 Å². The van der Waals surface area contributed by atoms with E-state index in [0.29, 0.717) is 18.3 Å². The lowest BCUT2D eigenvalue weighted by Gasteiger charge is -2.42. The second kappa shape index (κ2) is 6.16. The molecule has 4 rings (SSSR count). The van der Waals surface area contributed by atoms with Gasteiger partial charge in [-0.15, -0.1) is 0 Å². The number of aliphatic hydroxyl groups is 1. The molecule has 2 fully saturated rings. The monoisotopic (exact) mass is 328 g/mol. The second-order valence-electron chi connectivity index (χ2n) is 8.00. The predicted molar refractivity (Wildman–Crippen MR) is 93.6 cm³/mol. The van der Waals surface area contributed by atoms with Gasteiger partial charge in [0, 0.05) is 25.0 Å². The van der Waals surface area contributed by atoms with Gasteiger partial charge in [-0.3, -0.25) is 4.79 Å². The molecule has 3 aliphatic rings. The summed E-state index contributed by atoms with van der Waals surface area (Å²) < 4.78 is 0. The molecule has 1 heterocycles. The number of aryl methyl sites for hydroxylation is 1. The molecular formula is C20H28N2O2. The average Bonchev–Trinajstić information content (AvgIpc) is 2.96. The van der Waals surface area contributed by atoms with Crippen molar-refractivity contribution in [3.63, 3.8) is 0 Å². The molecule has 0 unspecified atom stereocenters. The second-order valence-corrected chi connectivity index (χ2v) is 8.00. The number of benzene rings is 1. The molecule has 0 bridgehead atoms. The van der Waals surface area contributed by atoms with Crippen LogP contribution in [0, 0.1) is 5.92 Å². The van der Waals surface area contributed by atoms with Crippen molar-refractivity contribution >= 4 is 5.91 Å². The van der Waals surface area contributed by atoms with Crippen LogP contribution in [0.2, 0.25) is 0 Å². The third-order valence-electron chi connectivity index (χ3n) is 6.70. The van der Waals surface area contributed by atoms with E-state index in [2.05, 4.69) is 29.2 Å². The van der Waals surface area contributed by atoms with Crippen molar-refractivity contribution < 1.29 is 9.90 Å². The number of fused-ring (bicyclic) bond motifs is 2. The minimum atomic E-state index is -0.436. The summed E-state index contributed by atoms with van der Waals surface area (Å²) in [5.74, 6) is 0.270. The molecule has 2 aliphatic carbocycles. The summed E-state index contributed by atoms with van der Waals surface area (Å²) in [6.45, 7) is 1.73. The lowest BCUT2D eigenvalue weighted by Crippen LogP contribution is -2.49. The average molecular weight is 328 g/mol. The highest BCUT2D eigenvalue weighted by Crippen LogP contribution is 2.46. The fraction of sp³-hybridized carbons (Fsp3) is 0.650. The van der Waals surface area contributed by atoms with Gasteiger partial charge in [0.2, 0.25) is 5.91 Å². The number of nitrogens with zero attached hydrogens (tertiary/aromatic N) is 1. The maximum atomic E-state index is 12.8.